The van der Waals surface area contributed by atoms with Gasteiger partial charge in [-0.1, -0.05) is 47.5 Å². The lowest BCUT2D eigenvalue weighted by Crippen LogP contribution is -2.32. The topological polar surface area (TPSA) is 53.9 Å². The highest BCUT2D eigenvalue weighted by molar-refractivity contribution is 6.36. The molecule has 0 amide bonds. The average molecular weight is 372 g/mol. The van der Waals surface area contributed by atoms with Crippen LogP contribution >= 0.6 is 23.2 Å². The zero-order chi connectivity index (χ0) is 17.2. The molecule has 1 aliphatic rings. The number of hydrogen-bond donors (Lipinski definition) is 1. The molecule has 0 atom stereocenters. The number of benzene rings is 2. The first-order valence-corrected chi connectivity index (χ1v) is 8.68. The lowest BCUT2D eigenvalue weighted by Gasteiger charge is -2.28. The first kappa shape index (κ1) is 16.1. The Morgan fingerprint density at radius 1 is 1.04 bits per heavy atom. The van der Waals surface area contributed by atoms with Gasteiger partial charge < -0.3 is 10.2 Å². The fourth-order valence-electron chi connectivity index (χ4n) is 2.88. The number of nitrogens with zero attached hydrogens (tertiary/aromatic N) is 4. The Labute approximate surface area is 155 Å². The Balaban J connectivity index is 1.56. The normalized spacial score (nSPS) is 13.4. The van der Waals surface area contributed by atoms with Gasteiger partial charge in [-0.3, -0.25) is 0 Å². The molecule has 3 aromatic rings. The molecule has 0 unspecified atom stereocenters. The van der Waals surface area contributed by atoms with Gasteiger partial charge in [-0.2, -0.15) is 10.1 Å². The maximum Gasteiger partial charge on any atom is 0.247 e. The molecule has 1 aromatic heterocycles. The molecule has 7 heteroatoms. The van der Waals surface area contributed by atoms with E-state index >= 15 is 0 Å². The monoisotopic (exact) mass is 371 g/mol. The fraction of sp³-hybridized carbons (Fsp3) is 0.167. The predicted octanol–water partition coefficient (Wildman–Crippen LogP) is 4.48. The molecule has 4 rings (SSSR count). The number of aromatic nitrogens is 3. The van der Waals surface area contributed by atoms with Gasteiger partial charge >= 0.3 is 0 Å². The summed E-state index contributed by atoms with van der Waals surface area (Å²) in [7, 11) is 0. The Hall–Kier alpha value is -2.37. The van der Waals surface area contributed by atoms with E-state index in [0.717, 1.165) is 25.2 Å². The van der Waals surface area contributed by atoms with Crippen LogP contribution in [-0.4, -0.2) is 21.7 Å². The summed E-state index contributed by atoms with van der Waals surface area (Å²) in [5.41, 5.74) is 3.41. The van der Waals surface area contributed by atoms with Gasteiger partial charge in [0.2, 0.25) is 5.95 Å². The van der Waals surface area contributed by atoms with Crippen molar-refractivity contribution < 1.29 is 0 Å². The number of anilines is 3. The quantitative estimate of drug-likeness (QED) is 0.735. The summed E-state index contributed by atoms with van der Waals surface area (Å²) in [6, 6.07) is 13.7. The van der Waals surface area contributed by atoms with Crippen LogP contribution in [-0.2, 0) is 13.0 Å². The third-order valence-corrected chi connectivity index (χ3v) is 4.70. The summed E-state index contributed by atoms with van der Waals surface area (Å²) in [4.78, 5) is 6.71. The summed E-state index contributed by atoms with van der Waals surface area (Å²) >= 11 is 12.1. The van der Waals surface area contributed by atoms with Crippen molar-refractivity contribution in [2.24, 2.45) is 0 Å². The molecule has 1 N–H and O–H groups in total. The molecular formula is C18H15Cl2N5. The van der Waals surface area contributed by atoms with Gasteiger partial charge in [-0.25, -0.2) is 0 Å². The second-order valence-electron chi connectivity index (χ2n) is 5.83. The van der Waals surface area contributed by atoms with Gasteiger partial charge in [0.1, 0.15) is 0 Å². The highest BCUT2D eigenvalue weighted by Crippen LogP contribution is 2.28. The van der Waals surface area contributed by atoms with Gasteiger partial charge in [0.25, 0.3) is 0 Å². The van der Waals surface area contributed by atoms with Crippen molar-refractivity contribution in [2.45, 2.75) is 13.0 Å². The van der Waals surface area contributed by atoms with Crippen molar-refractivity contribution in [3.8, 4) is 0 Å². The molecule has 2 heterocycles. The smallest absolute Gasteiger partial charge is 0.247 e. The molecule has 5 nitrogen and oxygen atoms in total. The lowest BCUT2D eigenvalue weighted by molar-refractivity contribution is 0.698. The third-order valence-electron chi connectivity index (χ3n) is 4.16. The fourth-order valence-corrected chi connectivity index (χ4v) is 3.34. The van der Waals surface area contributed by atoms with E-state index in [1.165, 1.54) is 11.1 Å². The Bertz CT molecular complexity index is 915. The zero-order valence-corrected chi connectivity index (χ0v) is 14.8. The van der Waals surface area contributed by atoms with Crippen molar-refractivity contribution in [1.82, 2.24) is 15.2 Å². The molecule has 0 bridgehead atoms. The lowest BCUT2D eigenvalue weighted by atomic mass is 10.0. The van der Waals surface area contributed by atoms with Gasteiger partial charge in [0.15, 0.2) is 5.82 Å². The summed E-state index contributed by atoms with van der Waals surface area (Å²) < 4.78 is 0. The van der Waals surface area contributed by atoms with Crippen LogP contribution in [0.1, 0.15) is 11.1 Å². The number of fused-ring (bicyclic) bond motifs is 1. The Morgan fingerprint density at radius 3 is 2.72 bits per heavy atom. The first-order chi connectivity index (χ1) is 12.2. The van der Waals surface area contributed by atoms with Crippen LogP contribution in [0.3, 0.4) is 0 Å². The minimum atomic E-state index is 0.527. The Kier molecular flexibility index (Phi) is 4.42. The van der Waals surface area contributed by atoms with Crippen molar-refractivity contribution in [3.63, 3.8) is 0 Å². The molecule has 2 aromatic carbocycles. The average Bonchev–Trinajstić information content (AvgIpc) is 2.64. The van der Waals surface area contributed by atoms with E-state index in [-0.39, 0.29) is 0 Å². The highest BCUT2D eigenvalue weighted by Gasteiger charge is 2.18. The number of rotatable bonds is 3. The minimum absolute atomic E-state index is 0.527. The van der Waals surface area contributed by atoms with E-state index in [2.05, 4.69) is 49.7 Å². The van der Waals surface area contributed by atoms with Gasteiger partial charge in [0, 0.05) is 18.1 Å². The van der Waals surface area contributed by atoms with Crippen molar-refractivity contribution in [3.05, 3.63) is 69.8 Å². The van der Waals surface area contributed by atoms with Crippen LogP contribution in [0.2, 0.25) is 10.0 Å². The standard InChI is InChI=1S/C18H15Cl2N5/c19-14-5-6-16(15(20)9-14)22-17-10-21-24-18(23-17)25-8-7-12-3-1-2-4-13(12)11-25/h1-6,9-10H,7-8,11H2,(H,22,23,24). The van der Waals surface area contributed by atoms with Crippen LogP contribution in [0.4, 0.5) is 17.5 Å². The van der Waals surface area contributed by atoms with Crippen molar-refractivity contribution in [1.29, 1.82) is 0 Å². The van der Waals surface area contributed by atoms with Gasteiger partial charge in [-0.05, 0) is 35.7 Å². The molecule has 1 aliphatic heterocycles. The summed E-state index contributed by atoms with van der Waals surface area (Å²) in [6.07, 6.45) is 2.55. The molecule has 0 saturated heterocycles. The zero-order valence-electron chi connectivity index (χ0n) is 13.3. The summed E-state index contributed by atoms with van der Waals surface area (Å²) in [5, 5.41) is 12.5. The van der Waals surface area contributed by atoms with Crippen LogP contribution in [0.25, 0.3) is 0 Å². The van der Waals surface area contributed by atoms with Crippen LogP contribution < -0.4 is 10.2 Å². The molecule has 0 spiro atoms. The van der Waals surface area contributed by atoms with E-state index in [4.69, 9.17) is 23.2 Å². The summed E-state index contributed by atoms with van der Waals surface area (Å²) in [5.74, 6) is 1.19. The molecule has 0 fully saturated rings. The van der Waals surface area contributed by atoms with E-state index in [9.17, 15) is 0 Å². The SMILES string of the molecule is Clc1ccc(Nc2cnnc(N3CCc4ccccc4C3)n2)c(Cl)c1. The number of halogens is 2. The van der Waals surface area contributed by atoms with E-state index < -0.39 is 0 Å². The predicted molar refractivity (Wildman–Crippen MR) is 101 cm³/mol. The molecule has 25 heavy (non-hydrogen) atoms. The van der Waals surface area contributed by atoms with Crippen LogP contribution in [0.5, 0.6) is 0 Å². The van der Waals surface area contributed by atoms with E-state index in [0.29, 0.717) is 21.8 Å². The molecule has 0 radical (unpaired) electrons. The maximum absolute atomic E-state index is 6.20. The summed E-state index contributed by atoms with van der Waals surface area (Å²) in [6.45, 7) is 1.65. The second kappa shape index (κ2) is 6.86. The van der Waals surface area contributed by atoms with Crippen molar-refractivity contribution >= 4 is 40.7 Å². The van der Waals surface area contributed by atoms with E-state index in [1.807, 2.05) is 6.07 Å². The third kappa shape index (κ3) is 3.52. The highest BCUT2D eigenvalue weighted by atomic mass is 35.5. The van der Waals surface area contributed by atoms with E-state index in [1.54, 1.807) is 18.3 Å². The minimum Gasteiger partial charge on any atom is -0.338 e. The molecular weight excluding hydrogens is 357 g/mol. The number of nitrogens with one attached hydrogen (secondary N) is 1. The van der Waals surface area contributed by atoms with Gasteiger partial charge in [-0.15, -0.1) is 5.10 Å². The molecule has 0 saturated carbocycles. The van der Waals surface area contributed by atoms with Gasteiger partial charge in [0.05, 0.1) is 16.9 Å². The van der Waals surface area contributed by atoms with Crippen LogP contribution in [0, 0.1) is 0 Å². The molecule has 126 valence electrons. The number of hydrogen-bond acceptors (Lipinski definition) is 5. The first-order valence-electron chi connectivity index (χ1n) is 7.92. The largest absolute Gasteiger partial charge is 0.338 e. The Morgan fingerprint density at radius 2 is 1.88 bits per heavy atom. The van der Waals surface area contributed by atoms with Crippen molar-refractivity contribution in [2.75, 3.05) is 16.8 Å². The molecule has 0 aliphatic carbocycles. The van der Waals surface area contributed by atoms with Crippen LogP contribution in [0.15, 0.2) is 48.7 Å². The second-order valence-corrected chi connectivity index (χ2v) is 6.67. The maximum atomic E-state index is 6.20.